The number of hydrogen-bond acceptors (Lipinski definition) is 3. The average molecular weight is 266 g/mol. The highest BCUT2D eigenvalue weighted by molar-refractivity contribution is 5.82. The molecule has 0 aliphatic heterocycles. The number of pyridine rings is 1. The van der Waals surface area contributed by atoms with Crippen molar-refractivity contribution in [2.75, 3.05) is 0 Å². The molecule has 0 aliphatic rings. The first-order valence-electron chi connectivity index (χ1n) is 6.88. The smallest absolute Gasteiger partial charge is 0.0749 e. The molecule has 1 atom stereocenters. The predicted octanol–water partition coefficient (Wildman–Crippen LogP) is 2.69. The lowest BCUT2D eigenvalue weighted by Gasteiger charge is -2.13. The van der Waals surface area contributed by atoms with E-state index in [1.54, 1.807) is 0 Å². The van der Waals surface area contributed by atoms with E-state index < -0.39 is 0 Å². The number of nitrogens with zero attached hydrogens (tertiary/aromatic N) is 3. The Morgan fingerprint density at radius 2 is 2.10 bits per heavy atom. The van der Waals surface area contributed by atoms with Gasteiger partial charge in [0.1, 0.15) is 0 Å². The van der Waals surface area contributed by atoms with Crippen LogP contribution in [-0.4, -0.2) is 14.8 Å². The van der Waals surface area contributed by atoms with Gasteiger partial charge in [-0.2, -0.15) is 5.10 Å². The van der Waals surface area contributed by atoms with Gasteiger partial charge in [-0.25, -0.2) is 0 Å². The number of aryl methyl sites for hydroxylation is 1. The van der Waals surface area contributed by atoms with Gasteiger partial charge in [-0.1, -0.05) is 24.3 Å². The molecule has 4 nitrogen and oxygen atoms in total. The molecule has 2 aromatic heterocycles. The maximum absolute atomic E-state index is 6.37. The molecule has 3 rings (SSSR count). The minimum atomic E-state index is -0.0666. The van der Waals surface area contributed by atoms with Crippen molar-refractivity contribution in [3.05, 3.63) is 60.0 Å². The van der Waals surface area contributed by atoms with Crippen LogP contribution in [-0.2, 0) is 13.0 Å². The molecule has 2 heterocycles. The zero-order chi connectivity index (χ0) is 13.9. The number of rotatable bonds is 4. The van der Waals surface area contributed by atoms with Crippen LogP contribution in [0.4, 0.5) is 0 Å². The van der Waals surface area contributed by atoms with Crippen LogP contribution < -0.4 is 5.73 Å². The van der Waals surface area contributed by atoms with Crippen molar-refractivity contribution in [3.8, 4) is 0 Å². The van der Waals surface area contributed by atoms with E-state index in [0.29, 0.717) is 0 Å². The zero-order valence-corrected chi connectivity index (χ0v) is 11.5. The van der Waals surface area contributed by atoms with Crippen LogP contribution in [0.15, 0.2) is 48.9 Å². The Kier molecular flexibility index (Phi) is 3.48. The third kappa shape index (κ3) is 2.42. The summed E-state index contributed by atoms with van der Waals surface area (Å²) in [5.74, 6) is 0. The third-order valence-electron chi connectivity index (χ3n) is 3.53. The molecule has 0 radical (unpaired) electrons. The maximum atomic E-state index is 6.37. The molecule has 0 aliphatic carbocycles. The van der Waals surface area contributed by atoms with Gasteiger partial charge in [-0.3, -0.25) is 9.67 Å². The first kappa shape index (κ1) is 12.8. The normalized spacial score (nSPS) is 12.7. The summed E-state index contributed by atoms with van der Waals surface area (Å²) in [6.07, 6.45) is 6.53. The van der Waals surface area contributed by atoms with E-state index >= 15 is 0 Å². The molecule has 0 saturated heterocycles. The lowest BCUT2D eigenvalue weighted by atomic mass is 9.99. The van der Waals surface area contributed by atoms with E-state index in [1.165, 1.54) is 0 Å². The van der Waals surface area contributed by atoms with E-state index in [-0.39, 0.29) is 6.04 Å². The summed E-state index contributed by atoms with van der Waals surface area (Å²) in [4.78, 5) is 4.46. The largest absolute Gasteiger partial charge is 0.324 e. The van der Waals surface area contributed by atoms with Crippen LogP contribution >= 0.6 is 0 Å². The van der Waals surface area contributed by atoms with Crippen molar-refractivity contribution < 1.29 is 0 Å². The Labute approximate surface area is 118 Å². The van der Waals surface area contributed by atoms with Gasteiger partial charge in [0.05, 0.1) is 11.7 Å². The zero-order valence-electron chi connectivity index (χ0n) is 11.5. The van der Waals surface area contributed by atoms with Crippen LogP contribution in [0.2, 0.25) is 0 Å². The van der Waals surface area contributed by atoms with Gasteiger partial charge in [0.15, 0.2) is 0 Å². The molecular weight excluding hydrogens is 248 g/mol. The van der Waals surface area contributed by atoms with Gasteiger partial charge in [0.2, 0.25) is 0 Å². The Hall–Kier alpha value is -2.20. The highest BCUT2D eigenvalue weighted by Crippen LogP contribution is 2.23. The summed E-state index contributed by atoms with van der Waals surface area (Å²) in [6, 6.07) is 10.1. The number of hydrogen-bond donors (Lipinski definition) is 1. The minimum Gasteiger partial charge on any atom is -0.324 e. The first-order valence-corrected chi connectivity index (χ1v) is 6.88. The third-order valence-corrected chi connectivity index (χ3v) is 3.53. The summed E-state index contributed by atoms with van der Waals surface area (Å²) in [5.41, 5.74) is 9.61. The molecule has 2 N–H and O–H groups in total. The fraction of sp³-hybridized carbons (Fsp3) is 0.250. The van der Waals surface area contributed by atoms with Crippen molar-refractivity contribution in [1.29, 1.82) is 0 Å². The predicted molar refractivity (Wildman–Crippen MR) is 80.3 cm³/mol. The molecule has 0 fully saturated rings. The summed E-state index contributed by atoms with van der Waals surface area (Å²) in [6.45, 7) is 2.95. The lowest BCUT2D eigenvalue weighted by molar-refractivity contribution is 0.657. The van der Waals surface area contributed by atoms with E-state index in [0.717, 1.165) is 35.0 Å². The fourth-order valence-corrected chi connectivity index (χ4v) is 2.48. The molecule has 0 spiro atoms. The molecule has 0 amide bonds. The van der Waals surface area contributed by atoms with Gasteiger partial charge < -0.3 is 5.73 Å². The highest BCUT2D eigenvalue weighted by atomic mass is 15.3. The first-order chi connectivity index (χ1) is 9.78. The van der Waals surface area contributed by atoms with Crippen LogP contribution in [0.25, 0.3) is 10.9 Å². The summed E-state index contributed by atoms with van der Waals surface area (Å²) in [7, 11) is 0. The lowest BCUT2D eigenvalue weighted by Crippen LogP contribution is -2.13. The van der Waals surface area contributed by atoms with Crippen molar-refractivity contribution in [1.82, 2.24) is 14.8 Å². The van der Waals surface area contributed by atoms with Gasteiger partial charge in [-0.05, 0) is 30.5 Å². The Balaban J connectivity index is 1.90. The second-order valence-corrected chi connectivity index (χ2v) is 4.94. The Bertz CT molecular complexity index is 712. The Morgan fingerprint density at radius 3 is 2.90 bits per heavy atom. The maximum Gasteiger partial charge on any atom is 0.0749 e. The van der Waals surface area contributed by atoms with Crippen LogP contribution in [0.5, 0.6) is 0 Å². The number of benzene rings is 1. The van der Waals surface area contributed by atoms with Gasteiger partial charge >= 0.3 is 0 Å². The quantitative estimate of drug-likeness (QED) is 0.790. The number of nitrogens with two attached hydrogens (primary N) is 1. The highest BCUT2D eigenvalue weighted by Gasteiger charge is 2.12. The molecule has 3 aromatic rings. The molecule has 0 bridgehead atoms. The number of aromatic nitrogens is 3. The standard InChI is InChI=1S/C16H18N4/c1-2-20-11-12(10-19-20)9-15(17)14-7-3-5-13-6-4-8-18-16(13)14/h3-8,10-11,15H,2,9,17H2,1H3. The second-order valence-electron chi connectivity index (χ2n) is 4.94. The second kappa shape index (κ2) is 5.43. The molecule has 20 heavy (non-hydrogen) atoms. The van der Waals surface area contributed by atoms with Crippen LogP contribution in [0, 0.1) is 0 Å². The van der Waals surface area contributed by atoms with Crippen LogP contribution in [0.1, 0.15) is 24.1 Å². The van der Waals surface area contributed by atoms with E-state index in [1.807, 2.05) is 29.2 Å². The summed E-state index contributed by atoms with van der Waals surface area (Å²) < 4.78 is 1.92. The van der Waals surface area contributed by atoms with E-state index in [9.17, 15) is 0 Å². The monoisotopic (exact) mass is 266 g/mol. The molecule has 1 aromatic carbocycles. The van der Waals surface area contributed by atoms with Crippen molar-refractivity contribution >= 4 is 10.9 Å². The van der Waals surface area contributed by atoms with E-state index in [4.69, 9.17) is 5.73 Å². The van der Waals surface area contributed by atoms with Gasteiger partial charge in [0.25, 0.3) is 0 Å². The van der Waals surface area contributed by atoms with Gasteiger partial charge in [0, 0.05) is 30.4 Å². The van der Waals surface area contributed by atoms with Crippen molar-refractivity contribution in [3.63, 3.8) is 0 Å². The average Bonchev–Trinajstić information content (AvgIpc) is 2.94. The van der Waals surface area contributed by atoms with Crippen LogP contribution in [0.3, 0.4) is 0 Å². The number of para-hydroxylation sites is 1. The number of fused-ring (bicyclic) bond motifs is 1. The van der Waals surface area contributed by atoms with Crippen molar-refractivity contribution in [2.45, 2.75) is 25.9 Å². The molecule has 1 unspecified atom stereocenters. The molecule has 0 saturated carbocycles. The summed E-state index contributed by atoms with van der Waals surface area (Å²) in [5, 5.41) is 5.42. The van der Waals surface area contributed by atoms with Crippen molar-refractivity contribution in [2.24, 2.45) is 5.73 Å². The van der Waals surface area contributed by atoms with Gasteiger partial charge in [-0.15, -0.1) is 0 Å². The van der Waals surface area contributed by atoms with E-state index in [2.05, 4.69) is 41.4 Å². The Morgan fingerprint density at radius 1 is 1.25 bits per heavy atom. The molecular formula is C16H18N4. The molecule has 102 valence electrons. The summed E-state index contributed by atoms with van der Waals surface area (Å²) >= 11 is 0. The topological polar surface area (TPSA) is 56.7 Å². The minimum absolute atomic E-state index is 0.0666. The SMILES string of the molecule is CCn1cc(CC(N)c2cccc3cccnc23)cn1. The fourth-order valence-electron chi connectivity index (χ4n) is 2.48. The molecule has 4 heteroatoms.